The van der Waals surface area contributed by atoms with Gasteiger partial charge in [0.2, 0.25) is 0 Å². The standard InChI is InChI=1S/C17H18N2O5/c1-23-16(21)3-2-10-19-15(20)12-24-17(22)9-8-13-4-6-14(11-18)7-5-13/h4-9H,2-3,10,12H2,1H3,(H,19,20)/b9-8+. The Bertz CT molecular complexity index is 644. The lowest BCUT2D eigenvalue weighted by Crippen LogP contribution is -2.29. The second kappa shape index (κ2) is 10.6. The number of carbonyl (C=O) groups excluding carboxylic acids is 3. The van der Waals surface area contributed by atoms with Crippen LogP contribution in [0.3, 0.4) is 0 Å². The lowest BCUT2D eigenvalue weighted by molar-refractivity contribution is -0.143. The number of hydrogen-bond donors (Lipinski definition) is 1. The van der Waals surface area contributed by atoms with Gasteiger partial charge in [0, 0.05) is 19.0 Å². The van der Waals surface area contributed by atoms with Gasteiger partial charge in [-0.3, -0.25) is 9.59 Å². The Balaban J connectivity index is 2.25. The molecule has 0 atom stereocenters. The number of ether oxygens (including phenoxy) is 2. The van der Waals surface area contributed by atoms with Crippen LogP contribution in [0.15, 0.2) is 30.3 Å². The maximum Gasteiger partial charge on any atom is 0.331 e. The summed E-state index contributed by atoms with van der Waals surface area (Å²) in [7, 11) is 1.30. The van der Waals surface area contributed by atoms with Gasteiger partial charge in [0.15, 0.2) is 6.61 Å². The predicted octanol–water partition coefficient (Wildman–Crippen LogP) is 1.18. The molecule has 24 heavy (non-hydrogen) atoms. The number of rotatable bonds is 8. The zero-order valence-electron chi connectivity index (χ0n) is 13.3. The quantitative estimate of drug-likeness (QED) is 0.436. The molecule has 1 rings (SSSR count). The third-order valence-electron chi connectivity index (χ3n) is 2.90. The minimum Gasteiger partial charge on any atom is -0.469 e. The Morgan fingerprint density at radius 3 is 2.58 bits per heavy atom. The Kier molecular flexibility index (Phi) is 8.32. The highest BCUT2D eigenvalue weighted by molar-refractivity contribution is 5.89. The van der Waals surface area contributed by atoms with Crippen molar-refractivity contribution in [3.63, 3.8) is 0 Å². The van der Waals surface area contributed by atoms with Gasteiger partial charge in [0.05, 0.1) is 18.7 Å². The molecule has 0 radical (unpaired) electrons. The van der Waals surface area contributed by atoms with E-state index in [-0.39, 0.29) is 12.4 Å². The average molecular weight is 330 g/mol. The van der Waals surface area contributed by atoms with Crippen LogP contribution in [0.1, 0.15) is 24.0 Å². The van der Waals surface area contributed by atoms with E-state index in [1.54, 1.807) is 24.3 Å². The number of hydrogen-bond acceptors (Lipinski definition) is 6. The van der Waals surface area contributed by atoms with Gasteiger partial charge in [-0.1, -0.05) is 12.1 Å². The summed E-state index contributed by atoms with van der Waals surface area (Å²) in [6, 6.07) is 8.64. The van der Waals surface area contributed by atoms with Crippen LogP contribution in [0.4, 0.5) is 0 Å². The van der Waals surface area contributed by atoms with Gasteiger partial charge in [0.25, 0.3) is 5.91 Å². The molecule has 0 unspecified atom stereocenters. The Labute approximate surface area is 139 Å². The van der Waals surface area contributed by atoms with Crippen LogP contribution in [0.5, 0.6) is 0 Å². The number of esters is 2. The number of carbonyl (C=O) groups is 3. The number of nitrogens with zero attached hydrogens (tertiary/aromatic N) is 1. The van der Waals surface area contributed by atoms with E-state index in [9.17, 15) is 14.4 Å². The summed E-state index contributed by atoms with van der Waals surface area (Å²) in [5.41, 5.74) is 1.26. The SMILES string of the molecule is COC(=O)CCCNC(=O)COC(=O)/C=C/c1ccc(C#N)cc1. The topological polar surface area (TPSA) is 105 Å². The smallest absolute Gasteiger partial charge is 0.331 e. The molecular formula is C17H18N2O5. The van der Waals surface area contributed by atoms with E-state index in [2.05, 4.69) is 10.1 Å². The Morgan fingerprint density at radius 2 is 1.96 bits per heavy atom. The molecule has 7 heteroatoms. The molecule has 0 aliphatic rings. The van der Waals surface area contributed by atoms with Crippen molar-refractivity contribution >= 4 is 23.9 Å². The largest absolute Gasteiger partial charge is 0.469 e. The van der Waals surface area contributed by atoms with E-state index in [0.717, 1.165) is 5.56 Å². The van der Waals surface area contributed by atoms with Crippen LogP contribution < -0.4 is 5.32 Å². The fourth-order valence-electron chi connectivity index (χ4n) is 1.63. The molecule has 0 bridgehead atoms. The first-order valence-electron chi connectivity index (χ1n) is 7.23. The van der Waals surface area contributed by atoms with Gasteiger partial charge >= 0.3 is 11.9 Å². The molecule has 0 aliphatic carbocycles. The molecule has 7 nitrogen and oxygen atoms in total. The normalized spacial score (nSPS) is 10.0. The first-order chi connectivity index (χ1) is 11.5. The molecule has 1 amide bonds. The predicted molar refractivity (Wildman–Crippen MR) is 85.4 cm³/mol. The molecule has 126 valence electrons. The summed E-state index contributed by atoms with van der Waals surface area (Å²) in [6.07, 6.45) is 3.39. The zero-order chi connectivity index (χ0) is 17.8. The first kappa shape index (κ1) is 18.9. The monoisotopic (exact) mass is 330 g/mol. The lowest BCUT2D eigenvalue weighted by Gasteiger charge is -2.04. The molecule has 0 aliphatic heterocycles. The van der Waals surface area contributed by atoms with Crippen molar-refractivity contribution in [3.05, 3.63) is 41.5 Å². The van der Waals surface area contributed by atoms with Crippen molar-refractivity contribution in [1.29, 1.82) is 5.26 Å². The van der Waals surface area contributed by atoms with E-state index >= 15 is 0 Å². The van der Waals surface area contributed by atoms with Crippen LogP contribution in [0.2, 0.25) is 0 Å². The molecular weight excluding hydrogens is 312 g/mol. The number of amides is 1. The molecule has 0 saturated carbocycles. The second-order valence-electron chi connectivity index (χ2n) is 4.70. The van der Waals surface area contributed by atoms with Crippen LogP contribution in [-0.4, -0.2) is 38.1 Å². The van der Waals surface area contributed by atoms with Gasteiger partial charge in [-0.05, 0) is 30.2 Å². The Hall–Kier alpha value is -3.14. The lowest BCUT2D eigenvalue weighted by atomic mass is 10.1. The molecule has 1 aromatic carbocycles. The highest BCUT2D eigenvalue weighted by Gasteiger charge is 2.05. The van der Waals surface area contributed by atoms with E-state index in [1.165, 1.54) is 19.3 Å². The summed E-state index contributed by atoms with van der Waals surface area (Å²) in [5, 5.41) is 11.2. The molecule has 0 saturated heterocycles. The minimum absolute atomic E-state index is 0.212. The highest BCUT2D eigenvalue weighted by Crippen LogP contribution is 2.05. The summed E-state index contributed by atoms with van der Waals surface area (Å²) in [6.45, 7) is -0.0959. The summed E-state index contributed by atoms with van der Waals surface area (Å²) in [5.74, 6) is -1.44. The summed E-state index contributed by atoms with van der Waals surface area (Å²) < 4.78 is 9.26. The maximum absolute atomic E-state index is 11.5. The van der Waals surface area contributed by atoms with Crippen LogP contribution in [0, 0.1) is 11.3 Å². The van der Waals surface area contributed by atoms with Gasteiger partial charge in [-0.25, -0.2) is 4.79 Å². The fraction of sp³-hybridized carbons (Fsp3) is 0.294. The van der Waals surface area contributed by atoms with Gasteiger partial charge in [0.1, 0.15) is 0 Å². The molecule has 1 N–H and O–H groups in total. The Morgan fingerprint density at radius 1 is 1.25 bits per heavy atom. The average Bonchev–Trinajstić information content (AvgIpc) is 2.61. The zero-order valence-corrected chi connectivity index (χ0v) is 13.3. The highest BCUT2D eigenvalue weighted by atomic mass is 16.5. The van der Waals surface area contributed by atoms with Crippen LogP contribution >= 0.6 is 0 Å². The minimum atomic E-state index is -0.649. The molecule has 0 aromatic heterocycles. The second-order valence-corrected chi connectivity index (χ2v) is 4.70. The number of nitrogens with one attached hydrogen (secondary N) is 1. The number of benzene rings is 1. The van der Waals surface area contributed by atoms with Crippen molar-refractivity contribution in [1.82, 2.24) is 5.32 Å². The van der Waals surface area contributed by atoms with Crippen molar-refractivity contribution in [2.24, 2.45) is 0 Å². The van der Waals surface area contributed by atoms with Crippen LogP contribution in [-0.2, 0) is 23.9 Å². The number of nitriles is 1. The number of methoxy groups -OCH3 is 1. The third kappa shape index (κ3) is 7.75. The third-order valence-corrected chi connectivity index (χ3v) is 2.90. The van der Waals surface area contributed by atoms with Gasteiger partial charge < -0.3 is 14.8 Å². The molecule has 0 fully saturated rings. The van der Waals surface area contributed by atoms with Crippen LogP contribution in [0.25, 0.3) is 6.08 Å². The van der Waals surface area contributed by atoms with Crippen molar-refractivity contribution in [2.75, 3.05) is 20.3 Å². The molecule has 0 heterocycles. The van der Waals surface area contributed by atoms with Gasteiger partial charge in [-0.15, -0.1) is 0 Å². The van der Waals surface area contributed by atoms with Gasteiger partial charge in [-0.2, -0.15) is 5.26 Å². The van der Waals surface area contributed by atoms with E-state index < -0.39 is 18.5 Å². The summed E-state index contributed by atoms with van der Waals surface area (Å²) in [4.78, 5) is 33.8. The molecule has 1 aromatic rings. The van der Waals surface area contributed by atoms with E-state index in [0.29, 0.717) is 18.5 Å². The molecule has 0 spiro atoms. The van der Waals surface area contributed by atoms with E-state index in [1.807, 2.05) is 6.07 Å². The van der Waals surface area contributed by atoms with Crippen molar-refractivity contribution in [2.45, 2.75) is 12.8 Å². The van der Waals surface area contributed by atoms with Crippen molar-refractivity contribution < 1.29 is 23.9 Å². The fourth-order valence-corrected chi connectivity index (χ4v) is 1.63. The van der Waals surface area contributed by atoms with E-state index in [4.69, 9.17) is 10.00 Å². The first-order valence-corrected chi connectivity index (χ1v) is 7.23. The maximum atomic E-state index is 11.5. The summed E-state index contributed by atoms with van der Waals surface area (Å²) >= 11 is 0. The van der Waals surface area contributed by atoms with Crippen molar-refractivity contribution in [3.8, 4) is 6.07 Å².